The zero-order valence-corrected chi connectivity index (χ0v) is 16.8. The Kier molecular flexibility index (Phi) is 5.82. The van der Waals surface area contributed by atoms with E-state index in [0.29, 0.717) is 37.8 Å². The maximum absolute atomic E-state index is 12.9. The van der Waals surface area contributed by atoms with Crippen LogP contribution in [0.5, 0.6) is 0 Å². The number of aliphatic hydroxyl groups is 1. The van der Waals surface area contributed by atoms with Crippen LogP contribution in [0.15, 0.2) is 35.2 Å². The Bertz CT molecular complexity index is 908. The molecule has 0 aliphatic heterocycles. The lowest BCUT2D eigenvalue weighted by molar-refractivity contribution is -0.116. The first-order chi connectivity index (χ1) is 13.4. The van der Waals surface area contributed by atoms with Gasteiger partial charge in [0, 0.05) is 24.8 Å². The predicted octanol–water partition coefficient (Wildman–Crippen LogP) is 4.66. The summed E-state index contributed by atoms with van der Waals surface area (Å²) < 4.78 is 0. The molecule has 0 spiro atoms. The largest absolute Gasteiger partial charge is 0.511 e. The fraction of sp³-hybridized carbons (Fsp3) is 0.435. The number of oxime groups is 1. The molecule has 5 nitrogen and oxygen atoms in total. The lowest BCUT2D eigenvalue weighted by atomic mass is 9.77. The molecule has 0 heterocycles. The first-order valence-corrected chi connectivity index (χ1v) is 9.80. The first kappa shape index (κ1) is 20.1. The molecule has 148 valence electrons. The van der Waals surface area contributed by atoms with E-state index < -0.39 is 0 Å². The number of Topliss-reactive ketones (excluding diaryl/α,β-unsaturated/α-hetero) is 2. The highest BCUT2D eigenvalue weighted by Crippen LogP contribution is 2.41. The highest BCUT2D eigenvalue weighted by Gasteiger charge is 2.35. The molecule has 1 aromatic rings. The second kappa shape index (κ2) is 8.13. The number of hydrogen-bond donors (Lipinski definition) is 1. The molecule has 3 rings (SSSR count). The number of aliphatic hydroxyl groups excluding tert-OH is 1. The standard InChI is InChI=1S/C23H27NO4/c1-5-9-28-24-17(6-2)23-19(26)11-15(12-20(23)27)21-13(3)10-14(4)22-16(21)7-8-18(22)25/h5,10,15,26H,1,6-9,11-12H2,2-4H3. The maximum Gasteiger partial charge on any atom is 0.168 e. The second-order valence-electron chi connectivity index (χ2n) is 7.53. The molecule has 0 fully saturated rings. The zero-order valence-electron chi connectivity index (χ0n) is 16.8. The van der Waals surface area contributed by atoms with E-state index in [2.05, 4.69) is 11.7 Å². The Labute approximate surface area is 165 Å². The van der Waals surface area contributed by atoms with E-state index >= 15 is 0 Å². The van der Waals surface area contributed by atoms with Crippen LogP contribution < -0.4 is 0 Å². The van der Waals surface area contributed by atoms with Crippen LogP contribution in [0.1, 0.15) is 71.1 Å². The number of carbonyl (C=O) groups is 2. The van der Waals surface area contributed by atoms with Crippen molar-refractivity contribution in [1.82, 2.24) is 0 Å². The van der Waals surface area contributed by atoms with Crippen molar-refractivity contribution in [2.24, 2.45) is 5.16 Å². The normalized spacial score (nSPS) is 19.8. The zero-order chi connectivity index (χ0) is 20.4. The van der Waals surface area contributed by atoms with Crippen LogP contribution in [0.25, 0.3) is 0 Å². The van der Waals surface area contributed by atoms with Crippen molar-refractivity contribution in [2.75, 3.05) is 6.61 Å². The molecule has 0 bridgehead atoms. The molecule has 1 unspecified atom stereocenters. The molecule has 0 saturated heterocycles. The Hall–Kier alpha value is -2.69. The van der Waals surface area contributed by atoms with Crippen LogP contribution in [0.2, 0.25) is 0 Å². The lowest BCUT2D eigenvalue weighted by Crippen LogP contribution is -2.25. The molecule has 1 aromatic carbocycles. The molecule has 1 N–H and O–H groups in total. The van der Waals surface area contributed by atoms with Gasteiger partial charge in [-0.15, -0.1) is 0 Å². The van der Waals surface area contributed by atoms with Gasteiger partial charge in [-0.3, -0.25) is 9.59 Å². The van der Waals surface area contributed by atoms with Crippen LogP contribution in [0.4, 0.5) is 0 Å². The van der Waals surface area contributed by atoms with Crippen LogP contribution >= 0.6 is 0 Å². The summed E-state index contributed by atoms with van der Waals surface area (Å²) in [5.74, 6) is -0.0171. The van der Waals surface area contributed by atoms with E-state index in [-0.39, 0.29) is 35.4 Å². The summed E-state index contributed by atoms with van der Waals surface area (Å²) in [5, 5.41) is 14.7. The van der Waals surface area contributed by atoms with Gasteiger partial charge in [0.15, 0.2) is 11.6 Å². The van der Waals surface area contributed by atoms with Crippen molar-refractivity contribution >= 4 is 17.3 Å². The van der Waals surface area contributed by atoms with E-state index in [0.717, 1.165) is 27.8 Å². The fourth-order valence-electron chi connectivity index (χ4n) is 4.55. The third-order valence-corrected chi connectivity index (χ3v) is 5.60. The SMILES string of the molecule is C=CCON=C(CC)C1=C(O)CC(c2c(C)cc(C)c3c2CCC3=O)CC1=O. The summed E-state index contributed by atoms with van der Waals surface area (Å²) in [6.45, 7) is 9.68. The lowest BCUT2D eigenvalue weighted by Gasteiger charge is -2.27. The maximum atomic E-state index is 12.9. The van der Waals surface area contributed by atoms with Gasteiger partial charge in [0.25, 0.3) is 0 Å². The van der Waals surface area contributed by atoms with Crippen molar-refractivity contribution < 1.29 is 19.5 Å². The van der Waals surface area contributed by atoms with Crippen LogP contribution in [-0.4, -0.2) is 29.0 Å². The average molecular weight is 381 g/mol. The van der Waals surface area contributed by atoms with E-state index in [1.807, 2.05) is 26.8 Å². The van der Waals surface area contributed by atoms with Crippen LogP contribution in [0, 0.1) is 13.8 Å². The second-order valence-corrected chi connectivity index (χ2v) is 7.53. The summed E-state index contributed by atoms with van der Waals surface area (Å²) in [5.41, 5.74) is 5.76. The summed E-state index contributed by atoms with van der Waals surface area (Å²) in [6.07, 6.45) is 3.96. The van der Waals surface area contributed by atoms with Crippen molar-refractivity contribution in [3.8, 4) is 0 Å². The number of aryl methyl sites for hydroxylation is 2. The predicted molar refractivity (Wildman–Crippen MR) is 109 cm³/mol. The minimum atomic E-state index is -0.130. The number of carbonyl (C=O) groups excluding carboxylic acids is 2. The molecule has 28 heavy (non-hydrogen) atoms. The number of rotatable bonds is 6. The number of allylic oxidation sites excluding steroid dienone is 2. The quantitative estimate of drug-likeness (QED) is 0.336. The number of nitrogens with zero attached hydrogens (tertiary/aromatic N) is 1. The van der Waals surface area contributed by atoms with Gasteiger partial charge in [-0.2, -0.15) is 0 Å². The van der Waals surface area contributed by atoms with Gasteiger partial charge < -0.3 is 9.94 Å². The van der Waals surface area contributed by atoms with E-state index in [9.17, 15) is 14.7 Å². The number of benzene rings is 1. The highest BCUT2D eigenvalue weighted by molar-refractivity contribution is 6.23. The van der Waals surface area contributed by atoms with Gasteiger partial charge >= 0.3 is 0 Å². The fourth-order valence-corrected chi connectivity index (χ4v) is 4.55. The van der Waals surface area contributed by atoms with E-state index in [4.69, 9.17) is 4.84 Å². The molecule has 0 amide bonds. The Morgan fingerprint density at radius 3 is 2.64 bits per heavy atom. The Balaban J connectivity index is 1.98. The number of fused-ring (bicyclic) bond motifs is 1. The third kappa shape index (κ3) is 3.53. The van der Waals surface area contributed by atoms with Gasteiger partial charge in [0.1, 0.15) is 12.4 Å². The topological polar surface area (TPSA) is 76.0 Å². The van der Waals surface area contributed by atoms with Gasteiger partial charge in [-0.25, -0.2) is 0 Å². The van der Waals surface area contributed by atoms with Crippen molar-refractivity contribution in [2.45, 2.75) is 58.8 Å². The number of ketones is 2. The third-order valence-electron chi connectivity index (χ3n) is 5.60. The summed E-state index contributed by atoms with van der Waals surface area (Å²) in [6, 6.07) is 2.03. The number of hydrogen-bond acceptors (Lipinski definition) is 5. The summed E-state index contributed by atoms with van der Waals surface area (Å²) >= 11 is 0. The molecule has 0 radical (unpaired) electrons. The monoisotopic (exact) mass is 381 g/mol. The van der Waals surface area contributed by atoms with E-state index in [1.54, 1.807) is 6.08 Å². The highest BCUT2D eigenvalue weighted by atomic mass is 16.6. The summed E-state index contributed by atoms with van der Waals surface area (Å²) in [7, 11) is 0. The van der Waals surface area contributed by atoms with Crippen LogP contribution in [0.3, 0.4) is 0 Å². The molecule has 2 aliphatic carbocycles. The molecule has 5 heteroatoms. The van der Waals surface area contributed by atoms with Crippen molar-refractivity contribution in [3.63, 3.8) is 0 Å². The van der Waals surface area contributed by atoms with Gasteiger partial charge in [0.2, 0.25) is 0 Å². The van der Waals surface area contributed by atoms with E-state index in [1.165, 1.54) is 0 Å². The molecule has 2 aliphatic rings. The minimum absolute atomic E-state index is 0.0575. The van der Waals surface area contributed by atoms with Gasteiger partial charge in [0.05, 0.1) is 11.3 Å². The van der Waals surface area contributed by atoms with Gasteiger partial charge in [-0.05, 0) is 54.9 Å². The Morgan fingerprint density at radius 1 is 1.25 bits per heavy atom. The molecule has 0 saturated carbocycles. The minimum Gasteiger partial charge on any atom is -0.511 e. The smallest absolute Gasteiger partial charge is 0.168 e. The summed E-state index contributed by atoms with van der Waals surface area (Å²) in [4.78, 5) is 30.4. The van der Waals surface area contributed by atoms with Crippen molar-refractivity contribution in [1.29, 1.82) is 0 Å². The molecule has 0 aromatic heterocycles. The van der Waals surface area contributed by atoms with Crippen molar-refractivity contribution in [3.05, 3.63) is 57.9 Å². The first-order valence-electron chi connectivity index (χ1n) is 9.80. The molecular formula is C23H27NO4. The van der Waals surface area contributed by atoms with Crippen LogP contribution in [-0.2, 0) is 16.1 Å². The average Bonchev–Trinajstić information content (AvgIpc) is 3.01. The Morgan fingerprint density at radius 2 is 2.00 bits per heavy atom. The molecule has 1 atom stereocenters. The van der Waals surface area contributed by atoms with Gasteiger partial charge in [-0.1, -0.05) is 30.8 Å². The molecular weight excluding hydrogens is 354 g/mol.